The molecule has 1 N–H and O–H groups in total. The monoisotopic (exact) mass is 286 g/mol. The van der Waals surface area contributed by atoms with Gasteiger partial charge in [0.25, 0.3) is 0 Å². The summed E-state index contributed by atoms with van der Waals surface area (Å²) in [5.41, 5.74) is 1.03. The molecule has 1 aromatic carbocycles. The first-order chi connectivity index (χ1) is 7.22. The molecule has 0 saturated carbocycles. The van der Waals surface area contributed by atoms with Crippen molar-refractivity contribution in [1.82, 2.24) is 4.98 Å². The van der Waals surface area contributed by atoms with E-state index in [-0.39, 0.29) is 6.04 Å². The van der Waals surface area contributed by atoms with Crippen molar-refractivity contribution < 1.29 is 9.20 Å². The molecule has 0 unspecified atom stereocenters. The topological polar surface area (TPSA) is 38.3 Å². The third kappa shape index (κ3) is 3.14. The van der Waals surface area contributed by atoms with Crippen LogP contribution < -0.4 is 9.72 Å². The zero-order valence-corrected chi connectivity index (χ0v) is 11.3. The van der Waals surface area contributed by atoms with E-state index in [9.17, 15) is 4.46 Å². The Morgan fingerprint density at radius 3 is 2.87 bits per heavy atom. The van der Waals surface area contributed by atoms with Crippen molar-refractivity contribution in [3.63, 3.8) is 0 Å². The third-order valence-electron chi connectivity index (χ3n) is 2.21. The molecule has 81 valence electrons. The van der Waals surface area contributed by atoms with Gasteiger partial charge in [0, 0.05) is 16.1 Å². The largest absolute Gasteiger partial charge is 0.496 e. The van der Waals surface area contributed by atoms with E-state index in [1.807, 2.05) is 25.1 Å². The van der Waals surface area contributed by atoms with Gasteiger partial charge in [-0.3, -0.25) is 0 Å². The number of halogens is 1. The lowest BCUT2D eigenvalue weighted by molar-refractivity contribution is 0.402. The molecule has 0 fully saturated rings. The van der Waals surface area contributed by atoms with Gasteiger partial charge in [0.15, 0.2) is 0 Å². The zero-order chi connectivity index (χ0) is 11.3. The molecule has 1 atom stereocenters. The fourth-order valence-corrected chi connectivity index (χ4v) is 2.33. The van der Waals surface area contributed by atoms with Crippen LogP contribution in [0.25, 0.3) is 0 Å². The average Bonchev–Trinajstić information content (AvgIpc) is 2.26. The van der Waals surface area contributed by atoms with Crippen molar-refractivity contribution in [2.45, 2.75) is 19.4 Å². The second kappa shape index (κ2) is 6.02. The maximum Gasteiger partial charge on any atom is 0.463 e. The second-order valence-corrected chi connectivity index (χ2v) is 4.50. The number of methoxy groups -OCH3 is 1. The van der Waals surface area contributed by atoms with Crippen molar-refractivity contribution in [1.29, 1.82) is 0 Å². The molecule has 1 aromatic rings. The van der Waals surface area contributed by atoms with Crippen LogP contribution in [0, 0.1) is 0 Å². The summed E-state index contributed by atoms with van der Waals surface area (Å²) >= 11 is 3.41. The number of rotatable bonds is 5. The van der Waals surface area contributed by atoms with Crippen LogP contribution >= 0.6 is 15.9 Å². The highest BCUT2D eigenvalue weighted by Crippen LogP contribution is 2.29. The zero-order valence-electron chi connectivity index (χ0n) is 8.71. The highest BCUT2D eigenvalue weighted by Gasteiger charge is 2.13. The Morgan fingerprint density at radius 2 is 2.33 bits per heavy atom. The lowest BCUT2D eigenvalue weighted by Crippen LogP contribution is -2.20. The second-order valence-electron chi connectivity index (χ2n) is 3.09. The van der Waals surface area contributed by atoms with Crippen LogP contribution in [-0.4, -0.2) is 16.7 Å². The highest BCUT2D eigenvalue weighted by atomic mass is 79.9. The van der Waals surface area contributed by atoms with Gasteiger partial charge in [-0.05, 0) is 24.6 Å². The number of benzene rings is 1. The number of hydrogen-bond donors (Lipinski definition) is 1. The number of ether oxygens (including phenoxy) is 1. The van der Waals surface area contributed by atoms with Crippen molar-refractivity contribution in [3.8, 4) is 5.75 Å². The molecule has 5 heteroatoms. The Labute approximate surface area is 100 Å². The van der Waals surface area contributed by atoms with E-state index < -0.39 is 9.57 Å². The van der Waals surface area contributed by atoms with Crippen molar-refractivity contribution >= 4 is 25.5 Å². The van der Waals surface area contributed by atoms with Gasteiger partial charge in [0.2, 0.25) is 0 Å². The minimum Gasteiger partial charge on any atom is -0.496 e. The lowest BCUT2D eigenvalue weighted by atomic mass is 10.0. The summed E-state index contributed by atoms with van der Waals surface area (Å²) in [5, 5.41) is 0. The van der Waals surface area contributed by atoms with Crippen LogP contribution in [0.2, 0.25) is 0 Å². The predicted molar refractivity (Wildman–Crippen MR) is 63.3 cm³/mol. The van der Waals surface area contributed by atoms with Crippen LogP contribution in [0.3, 0.4) is 0 Å². The van der Waals surface area contributed by atoms with Crippen molar-refractivity contribution in [3.05, 3.63) is 28.2 Å². The SMILES string of the molecule is CC[C@H](N[Si]=O)c1cc(Br)ccc1OC. The van der Waals surface area contributed by atoms with Crippen molar-refractivity contribution in [2.75, 3.05) is 7.11 Å². The van der Waals surface area contributed by atoms with Gasteiger partial charge in [-0.15, -0.1) is 0 Å². The number of hydrogen-bond acceptors (Lipinski definition) is 2. The molecule has 0 bridgehead atoms. The predicted octanol–water partition coefficient (Wildman–Crippen LogP) is 2.46. The maximum absolute atomic E-state index is 10.6. The molecule has 0 spiro atoms. The molecule has 1 rings (SSSR count). The molecular weight excluding hydrogens is 274 g/mol. The summed E-state index contributed by atoms with van der Waals surface area (Å²) in [6, 6.07) is 5.88. The van der Waals surface area contributed by atoms with Gasteiger partial charge in [-0.2, -0.15) is 0 Å². The Bertz CT molecular complexity index is 346. The molecule has 0 heterocycles. The molecule has 0 amide bonds. The summed E-state index contributed by atoms with van der Waals surface area (Å²) in [6.07, 6.45) is 0.863. The molecule has 0 saturated heterocycles. The summed E-state index contributed by atoms with van der Waals surface area (Å²) in [4.78, 5) is 2.92. The van der Waals surface area contributed by atoms with Gasteiger partial charge in [-0.25, -0.2) is 0 Å². The van der Waals surface area contributed by atoms with Gasteiger partial charge in [0.05, 0.1) is 7.11 Å². The van der Waals surface area contributed by atoms with Crippen LogP contribution in [0.4, 0.5) is 0 Å². The van der Waals surface area contributed by atoms with E-state index in [2.05, 4.69) is 20.9 Å². The Hall–Kier alpha value is -0.683. The quantitative estimate of drug-likeness (QED) is 0.845. The van der Waals surface area contributed by atoms with E-state index in [4.69, 9.17) is 4.74 Å². The smallest absolute Gasteiger partial charge is 0.463 e. The van der Waals surface area contributed by atoms with Crippen LogP contribution in [0.15, 0.2) is 22.7 Å². The standard InChI is InChI=1S/C10H13BrNO2Si/c1-3-9(12-15-13)8-6-7(11)4-5-10(8)14-2/h4-6,9,12H,3H2,1-2H3/t9-/m0/s1. The summed E-state index contributed by atoms with van der Waals surface area (Å²) in [7, 11) is 1.13. The molecule has 0 aliphatic carbocycles. The lowest BCUT2D eigenvalue weighted by Gasteiger charge is -2.17. The van der Waals surface area contributed by atoms with E-state index in [0.717, 1.165) is 22.2 Å². The Kier molecular flexibility index (Phi) is 4.97. The van der Waals surface area contributed by atoms with Gasteiger partial charge in [0.1, 0.15) is 5.75 Å². The first kappa shape index (κ1) is 12.4. The molecule has 3 nitrogen and oxygen atoms in total. The fourth-order valence-electron chi connectivity index (χ4n) is 1.45. The minimum atomic E-state index is -0.506. The van der Waals surface area contributed by atoms with Gasteiger partial charge < -0.3 is 14.2 Å². The number of nitrogens with one attached hydrogen (secondary N) is 1. The first-order valence-corrected chi connectivity index (χ1v) is 6.39. The normalized spacial score (nSPS) is 11.9. The first-order valence-electron chi connectivity index (χ1n) is 4.69. The average molecular weight is 287 g/mol. The van der Waals surface area contributed by atoms with E-state index >= 15 is 0 Å². The molecule has 0 aliphatic rings. The summed E-state index contributed by atoms with van der Waals surface area (Å²) in [6.45, 7) is 2.04. The Morgan fingerprint density at radius 1 is 1.60 bits per heavy atom. The third-order valence-corrected chi connectivity index (χ3v) is 3.17. The van der Waals surface area contributed by atoms with Crippen LogP contribution in [0.5, 0.6) is 5.75 Å². The maximum atomic E-state index is 10.6. The van der Waals surface area contributed by atoms with Gasteiger partial charge >= 0.3 is 9.57 Å². The minimum absolute atomic E-state index is 0.0632. The van der Waals surface area contributed by atoms with E-state index in [0.29, 0.717) is 0 Å². The van der Waals surface area contributed by atoms with Crippen molar-refractivity contribution in [2.24, 2.45) is 0 Å². The highest BCUT2D eigenvalue weighted by molar-refractivity contribution is 9.10. The van der Waals surface area contributed by atoms with Gasteiger partial charge in [-0.1, -0.05) is 22.9 Å². The fraction of sp³-hybridized carbons (Fsp3) is 0.400. The van der Waals surface area contributed by atoms with Crippen LogP contribution in [0.1, 0.15) is 24.9 Å². The molecule has 15 heavy (non-hydrogen) atoms. The Balaban J connectivity index is 3.07. The van der Waals surface area contributed by atoms with Crippen LogP contribution in [-0.2, 0) is 4.46 Å². The molecular formula is C10H13BrNO2Si. The van der Waals surface area contributed by atoms with E-state index in [1.165, 1.54) is 0 Å². The van der Waals surface area contributed by atoms with E-state index in [1.54, 1.807) is 7.11 Å². The molecule has 0 aromatic heterocycles. The molecule has 0 aliphatic heterocycles. The summed E-state index contributed by atoms with van der Waals surface area (Å²) < 4.78 is 16.9. The summed E-state index contributed by atoms with van der Waals surface area (Å²) in [5.74, 6) is 0.816. The molecule has 1 radical (unpaired) electrons.